The van der Waals surface area contributed by atoms with Gasteiger partial charge in [0.15, 0.2) is 5.67 Å². The third kappa shape index (κ3) is 2.02. The van der Waals surface area contributed by atoms with E-state index in [9.17, 15) is 8.78 Å². The SMILES string of the molecule is FC1CCCC(Cl)C1(F)C1CCCCC1. The van der Waals surface area contributed by atoms with Crippen LogP contribution in [0.1, 0.15) is 51.4 Å². The Morgan fingerprint density at radius 1 is 0.933 bits per heavy atom. The molecule has 0 aromatic rings. The molecule has 0 amide bonds. The lowest BCUT2D eigenvalue weighted by atomic mass is 9.70. The van der Waals surface area contributed by atoms with Gasteiger partial charge in [-0.05, 0) is 38.0 Å². The monoisotopic (exact) mass is 236 g/mol. The molecule has 2 rings (SSSR count). The molecule has 0 saturated heterocycles. The molecule has 15 heavy (non-hydrogen) atoms. The van der Waals surface area contributed by atoms with Crippen LogP contribution in [-0.4, -0.2) is 17.2 Å². The fourth-order valence-electron chi connectivity index (χ4n) is 3.17. The lowest BCUT2D eigenvalue weighted by Crippen LogP contribution is -2.52. The summed E-state index contributed by atoms with van der Waals surface area (Å²) in [5.74, 6) is -0.135. The van der Waals surface area contributed by atoms with Gasteiger partial charge in [0.05, 0.1) is 5.38 Å². The minimum absolute atomic E-state index is 0.135. The molecule has 88 valence electrons. The first-order valence-electron chi connectivity index (χ1n) is 6.12. The van der Waals surface area contributed by atoms with E-state index in [1.165, 1.54) is 0 Å². The van der Waals surface area contributed by atoms with Crippen LogP contribution in [0.2, 0.25) is 0 Å². The van der Waals surface area contributed by atoms with Gasteiger partial charge in [-0.25, -0.2) is 8.78 Å². The fraction of sp³-hybridized carbons (Fsp3) is 1.00. The molecular weight excluding hydrogens is 218 g/mol. The lowest BCUT2D eigenvalue weighted by Gasteiger charge is -2.44. The Morgan fingerprint density at radius 3 is 2.20 bits per heavy atom. The molecule has 2 saturated carbocycles. The fourth-order valence-corrected chi connectivity index (χ4v) is 3.64. The molecule has 0 spiro atoms. The van der Waals surface area contributed by atoms with Gasteiger partial charge < -0.3 is 0 Å². The number of hydrogen-bond acceptors (Lipinski definition) is 0. The van der Waals surface area contributed by atoms with Crippen molar-refractivity contribution >= 4 is 11.6 Å². The first-order valence-corrected chi connectivity index (χ1v) is 6.56. The Balaban J connectivity index is 2.12. The van der Waals surface area contributed by atoms with Crippen LogP contribution in [0.4, 0.5) is 8.78 Å². The van der Waals surface area contributed by atoms with E-state index < -0.39 is 17.2 Å². The van der Waals surface area contributed by atoms with Gasteiger partial charge in [0.1, 0.15) is 6.17 Å². The molecule has 2 fully saturated rings. The van der Waals surface area contributed by atoms with Crippen LogP contribution < -0.4 is 0 Å². The number of alkyl halides is 3. The van der Waals surface area contributed by atoms with E-state index in [1.807, 2.05) is 0 Å². The molecule has 0 bridgehead atoms. The van der Waals surface area contributed by atoms with Crippen molar-refractivity contribution in [2.45, 2.75) is 68.6 Å². The molecule has 0 heterocycles. The Morgan fingerprint density at radius 2 is 1.60 bits per heavy atom. The summed E-state index contributed by atoms with van der Waals surface area (Å²) in [5, 5.41) is -0.607. The summed E-state index contributed by atoms with van der Waals surface area (Å²) in [6.45, 7) is 0. The maximum atomic E-state index is 14.7. The van der Waals surface area contributed by atoms with Crippen molar-refractivity contribution in [3.05, 3.63) is 0 Å². The minimum atomic E-state index is -1.74. The van der Waals surface area contributed by atoms with E-state index in [-0.39, 0.29) is 5.92 Å². The highest BCUT2D eigenvalue weighted by Gasteiger charge is 2.53. The first-order chi connectivity index (χ1) is 7.15. The zero-order chi connectivity index (χ0) is 10.9. The van der Waals surface area contributed by atoms with Gasteiger partial charge in [-0.3, -0.25) is 0 Å². The maximum absolute atomic E-state index is 14.7. The van der Waals surface area contributed by atoms with Crippen LogP contribution in [0.3, 0.4) is 0 Å². The molecule has 3 heteroatoms. The van der Waals surface area contributed by atoms with Crippen LogP contribution in [0.25, 0.3) is 0 Å². The topological polar surface area (TPSA) is 0 Å². The highest BCUT2D eigenvalue weighted by Crippen LogP contribution is 2.47. The average molecular weight is 237 g/mol. The van der Waals surface area contributed by atoms with Crippen molar-refractivity contribution in [1.82, 2.24) is 0 Å². The van der Waals surface area contributed by atoms with E-state index in [0.717, 1.165) is 38.5 Å². The van der Waals surface area contributed by atoms with E-state index in [2.05, 4.69) is 0 Å². The summed E-state index contributed by atoms with van der Waals surface area (Å²) < 4.78 is 28.5. The third-order valence-electron chi connectivity index (χ3n) is 4.11. The second-order valence-electron chi connectivity index (χ2n) is 5.03. The second-order valence-corrected chi connectivity index (χ2v) is 5.56. The van der Waals surface area contributed by atoms with Gasteiger partial charge in [-0.2, -0.15) is 0 Å². The largest absolute Gasteiger partial charge is 0.244 e. The van der Waals surface area contributed by atoms with Crippen molar-refractivity contribution in [3.63, 3.8) is 0 Å². The van der Waals surface area contributed by atoms with E-state index >= 15 is 0 Å². The van der Waals surface area contributed by atoms with Crippen molar-refractivity contribution < 1.29 is 8.78 Å². The van der Waals surface area contributed by atoms with Crippen LogP contribution in [0, 0.1) is 5.92 Å². The number of hydrogen-bond donors (Lipinski definition) is 0. The molecule has 0 aromatic heterocycles. The molecule has 2 aliphatic carbocycles. The zero-order valence-corrected chi connectivity index (χ0v) is 9.78. The highest BCUT2D eigenvalue weighted by molar-refractivity contribution is 6.21. The summed E-state index contributed by atoms with van der Waals surface area (Å²) in [4.78, 5) is 0. The van der Waals surface area contributed by atoms with Crippen molar-refractivity contribution in [2.75, 3.05) is 0 Å². The number of rotatable bonds is 1. The summed E-state index contributed by atoms with van der Waals surface area (Å²) >= 11 is 6.04. The Kier molecular flexibility index (Phi) is 3.54. The van der Waals surface area contributed by atoms with Gasteiger partial charge in [0.2, 0.25) is 0 Å². The molecule has 0 N–H and O–H groups in total. The maximum Gasteiger partial charge on any atom is 0.160 e. The molecule has 3 unspecified atom stereocenters. The van der Waals surface area contributed by atoms with Crippen LogP contribution in [0.5, 0.6) is 0 Å². The molecule has 0 radical (unpaired) electrons. The van der Waals surface area contributed by atoms with Crippen LogP contribution in [0.15, 0.2) is 0 Å². The summed E-state index contributed by atoms with van der Waals surface area (Å²) in [7, 11) is 0. The minimum Gasteiger partial charge on any atom is -0.244 e. The molecule has 0 nitrogen and oxygen atoms in total. The highest BCUT2D eigenvalue weighted by atomic mass is 35.5. The van der Waals surface area contributed by atoms with Gasteiger partial charge in [0, 0.05) is 0 Å². The summed E-state index contributed by atoms with van der Waals surface area (Å²) in [5.41, 5.74) is -1.74. The number of halogens is 3. The van der Waals surface area contributed by atoms with Crippen LogP contribution >= 0.6 is 11.6 Å². The molecular formula is C12H19ClF2. The standard InChI is InChI=1S/C12H19ClF2/c13-10-7-4-8-11(14)12(10,15)9-5-2-1-3-6-9/h9-11H,1-8H2. The molecule has 3 atom stereocenters. The molecule has 2 aliphatic rings. The zero-order valence-electron chi connectivity index (χ0n) is 9.02. The molecule has 0 aromatic carbocycles. The summed E-state index contributed by atoms with van der Waals surface area (Å²) in [6.07, 6.45) is 5.26. The van der Waals surface area contributed by atoms with Gasteiger partial charge >= 0.3 is 0 Å². The van der Waals surface area contributed by atoms with E-state index in [4.69, 9.17) is 11.6 Å². The predicted molar refractivity (Wildman–Crippen MR) is 58.8 cm³/mol. The van der Waals surface area contributed by atoms with Crippen molar-refractivity contribution in [1.29, 1.82) is 0 Å². The van der Waals surface area contributed by atoms with Crippen molar-refractivity contribution in [3.8, 4) is 0 Å². The van der Waals surface area contributed by atoms with Crippen LogP contribution in [-0.2, 0) is 0 Å². The normalized spacial score (nSPS) is 44.2. The van der Waals surface area contributed by atoms with Crippen molar-refractivity contribution in [2.24, 2.45) is 5.92 Å². The third-order valence-corrected chi connectivity index (χ3v) is 4.66. The summed E-state index contributed by atoms with van der Waals surface area (Å²) in [6, 6.07) is 0. The Bertz CT molecular complexity index is 204. The lowest BCUT2D eigenvalue weighted by molar-refractivity contribution is -0.0445. The Hall–Kier alpha value is 0.150. The van der Waals surface area contributed by atoms with E-state index in [1.54, 1.807) is 0 Å². The smallest absolute Gasteiger partial charge is 0.160 e. The average Bonchev–Trinajstić information content (AvgIpc) is 2.27. The Labute approximate surface area is 95.4 Å². The molecule has 0 aliphatic heterocycles. The quantitative estimate of drug-likeness (QED) is 0.592. The van der Waals surface area contributed by atoms with Gasteiger partial charge in [-0.15, -0.1) is 11.6 Å². The first kappa shape index (κ1) is 11.6. The van der Waals surface area contributed by atoms with E-state index in [0.29, 0.717) is 12.8 Å². The van der Waals surface area contributed by atoms with Gasteiger partial charge in [0.25, 0.3) is 0 Å². The second kappa shape index (κ2) is 4.57. The van der Waals surface area contributed by atoms with Gasteiger partial charge in [-0.1, -0.05) is 19.3 Å². The predicted octanol–water partition coefficient (Wildman–Crippen LogP) is 4.40.